The van der Waals surface area contributed by atoms with Crippen LogP contribution in [0.15, 0.2) is 65.7 Å². The summed E-state index contributed by atoms with van der Waals surface area (Å²) in [7, 11) is -3.68. The van der Waals surface area contributed by atoms with Gasteiger partial charge in [-0.2, -0.15) is 0 Å². The van der Waals surface area contributed by atoms with Crippen molar-refractivity contribution in [2.24, 2.45) is 5.92 Å². The summed E-state index contributed by atoms with van der Waals surface area (Å²) in [6.07, 6.45) is 3.22. The molecule has 0 atom stereocenters. The van der Waals surface area contributed by atoms with E-state index in [-0.39, 0.29) is 11.0 Å². The molecule has 194 valence electrons. The van der Waals surface area contributed by atoms with Gasteiger partial charge in [-0.05, 0) is 76.4 Å². The summed E-state index contributed by atoms with van der Waals surface area (Å²) in [6.45, 7) is 9.07. The van der Waals surface area contributed by atoms with Gasteiger partial charge in [0.05, 0.1) is 10.4 Å². The van der Waals surface area contributed by atoms with E-state index in [4.69, 9.17) is 9.47 Å². The van der Waals surface area contributed by atoms with Crippen molar-refractivity contribution in [3.63, 3.8) is 0 Å². The van der Waals surface area contributed by atoms with Crippen LogP contribution in [-0.4, -0.2) is 61.8 Å². The van der Waals surface area contributed by atoms with Gasteiger partial charge in [-0.3, -0.25) is 0 Å². The highest BCUT2D eigenvalue weighted by molar-refractivity contribution is 7.90. The highest BCUT2D eigenvalue weighted by atomic mass is 32.2. The Morgan fingerprint density at radius 1 is 1.03 bits per heavy atom. The SMILES string of the molecule is CC(C)(C)OC(=O)N1CCC(CNCCOc2cccc3c2ccn3S(=O)(=O)c2ccccc2)CC1. The fourth-order valence-corrected chi connectivity index (χ4v) is 5.71. The van der Waals surface area contributed by atoms with E-state index in [0.29, 0.717) is 43.4 Å². The van der Waals surface area contributed by atoms with Crippen molar-refractivity contribution in [2.75, 3.05) is 32.8 Å². The molecule has 1 aromatic heterocycles. The number of likely N-dealkylation sites (tertiary alicyclic amines) is 1. The maximum atomic E-state index is 13.1. The van der Waals surface area contributed by atoms with Crippen molar-refractivity contribution in [2.45, 2.75) is 44.1 Å². The van der Waals surface area contributed by atoms with Crippen molar-refractivity contribution < 1.29 is 22.7 Å². The Balaban J connectivity index is 1.26. The molecule has 1 aliphatic heterocycles. The maximum Gasteiger partial charge on any atom is 0.410 e. The molecule has 9 heteroatoms. The normalized spacial score (nSPS) is 15.2. The van der Waals surface area contributed by atoms with E-state index in [1.165, 1.54) is 3.97 Å². The monoisotopic (exact) mass is 513 g/mol. The number of amides is 1. The lowest BCUT2D eigenvalue weighted by molar-refractivity contribution is 0.0184. The van der Waals surface area contributed by atoms with Gasteiger partial charge in [0.25, 0.3) is 10.0 Å². The number of nitrogens with one attached hydrogen (secondary N) is 1. The molecule has 0 bridgehead atoms. The van der Waals surface area contributed by atoms with Gasteiger partial charge in [0, 0.05) is 31.2 Å². The van der Waals surface area contributed by atoms with Gasteiger partial charge in [0.1, 0.15) is 18.0 Å². The van der Waals surface area contributed by atoms with E-state index in [0.717, 1.165) is 24.8 Å². The van der Waals surface area contributed by atoms with E-state index in [9.17, 15) is 13.2 Å². The minimum absolute atomic E-state index is 0.234. The molecule has 1 amide bonds. The van der Waals surface area contributed by atoms with Crippen molar-refractivity contribution >= 4 is 27.0 Å². The molecule has 1 saturated heterocycles. The third kappa shape index (κ3) is 6.20. The number of carbonyl (C=O) groups excluding carboxylic acids is 1. The van der Waals surface area contributed by atoms with E-state index in [1.54, 1.807) is 59.6 Å². The number of aromatic nitrogens is 1. The first-order valence-corrected chi connectivity index (χ1v) is 13.8. The highest BCUT2D eigenvalue weighted by Crippen LogP contribution is 2.29. The lowest BCUT2D eigenvalue weighted by atomic mass is 9.97. The van der Waals surface area contributed by atoms with E-state index < -0.39 is 15.6 Å². The van der Waals surface area contributed by atoms with Crippen LogP contribution >= 0.6 is 0 Å². The second-order valence-electron chi connectivity index (χ2n) is 10.1. The average Bonchev–Trinajstić information content (AvgIpc) is 3.30. The first-order valence-electron chi connectivity index (χ1n) is 12.4. The number of fused-ring (bicyclic) bond motifs is 1. The summed E-state index contributed by atoms with van der Waals surface area (Å²) in [5.41, 5.74) is 0.111. The number of ether oxygens (including phenoxy) is 2. The topological polar surface area (TPSA) is 89.9 Å². The molecular formula is C27H35N3O5S. The second-order valence-corrected chi connectivity index (χ2v) is 11.9. The number of hydrogen-bond donors (Lipinski definition) is 1. The quantitative estimate of drug-likeness (QED) is 0.446. The molecule has 1 aliphatic rings. The van der Waals surface area contributed by atoms with Crippen LogP contribution in [0.4, 0.5) is 4.79 Å². The van der Waals surface area contributed by atoms with Crippen molar-refractivity contribution in [3.05, 3.63) is 60.8 Å². The summed E-state index contributed by atoms with van der Waals surface area (Å²) in [6, 6.07) is 15.6. The van der Waals surface area contributed by atoms with Crippen molar-refractivity contribution in [3.8, 4) is 5.75 Å². The summed E-state index contributed by atoms with van der Waals surface area (Å²) >= 11 is 0. The Kier molecular flexibility index (Phi) is 7.90. The largest absolute Gasteiger partial charge is 0.492 e. The number of piperidine rings is 1. The van der Waals surface area contributed by atoms with E-state index in [2.05, 4.69) is 5.32 Å². The van der Waals surface area contributed by atoms with Crippen molar-refractivity contribution in [1.82, 2.24) is 14.2 Å². The Labute approximate surface area is 213 Å². The zero-order chi connectivity index (χ0) is 25.8. The molecule has 2 aromatic carbocycles. The first kappa shape index (κ1) is 26.0. The lowest BCUT2D eigenvalue weighted by Crippen LogP contribution is -2.43. The Morgan fingerprint density at radius 3 is 2.44 bits per heavy atom. The Morgan fingerprint density at radius 2 is 1.75 bits per heavy atom. The molecule has 0 spiro atoms. The number of hydrogen-bond acceptors (Lipinski definition) is 6. The summed E-state index contributed by atoms with van der Waals surface area (Å²) < 4.78 is 38.9. The van der Waals surface area contributed by atoms with Gasteiger partial charge in [-0.25, -0.2) is 17.2 Å². The molecule has 2 heterocycles. The standard InChI is InChI=1S/C27H35N3O5S/c1-27(2,3)35-26(31)29-16-12-21(13-17-29)20-28-15-19-34-25-11-7-10-24-23(25)14-18-30(24)36(32,33)22-8-5-4-6-9-22/h4-11,14,18,21,28H,12-13,15-17,19-20H2,1-3H3. The summed E-state index contributed by atoms with van der Waals surface area (Å²) in [4.78, 5) is 14.2. The van der Waals surface area contributed by atoms with Gasteiger partial charge in [0.15, 0.2) is 0 Å². The van der Waals surface area contributed by atoms with Crippen LogP contribution in [0.3, 0.4) is 0 Å². The molecule has 1 fully saturated rings. The molecule has 3 aromatic rings. The van der Waals surface area contributed by atoms with Gasteiger partial charge >= 0.3 is 6.09 Å². The molecule has 1 N–H and O–H groups in total. The molecule has 0 saturated carbocycles. The van der Waals surface area contributed by atoms with Crippen LogP contribution < -0.4 is 10.1 Å². The molecule has 36 heavy (non-hydrogen) atoms. The Hall–Kier alpha value is -3.04. The fraction of sp³-hybridized carbons (Fsp3) is 0.444. The predicted molar refractivity (Wildman–Crippen MR) is 140 cm³/mol. The van der Waals surface area contributed by atoms with E-state index in [1.807, 2.05) is 26.8 Å². The first-order chi connectivity index (χ1) is 17.1. The molecule has 8 nitrogen and oxygen atoms in total. The number of carbonyl (C=O) groups is 1. The van der Waals surface area contributed by atoms with Crippen molar-refractivity contribution in [1.29, 1.82) is 0 Å². The zero-order valence-electron chi connectivity index (χ0n) is 21.1. The smallest absolute Gasteiger partial charge is 0.410 e. The van der Waals surface area contributed by atoms with Gasteiger partial charge < -0.3 is 19.7 Å². The van der Waals surface area contributed by atoms with Gasteiger partial charge in [-0.1, -0.05) is 24.3 Å². The minimum Gasteiger partial charge on any atom is -0.492 e. The van der Waals surface area contributed by atoms with Crippen LogP contribution in [0.5, 0.6) is 5.75 Å². The third-order valence-corrected chi connectivity index (χ3v) is 7.90. The van der Waals surface area contributed by atoms with Crippen LogP contribution in [0.1, 0.15) is 33.6 Å². The number of benzene rings is 2. The van der Waals surface area contributed by atoms with Gasteiger partial charge in [0.2, 0.25) is 0 Å². The number of nitrogens with zero attached hydrogens (tertiary/aromatic N) is 2. The number of rotatable bonds is 8. The second kappa shape index (κ2) is 10.9. The predicted octanol–water partition coefficient (Wildman–Crippen LogP) is 4.49. The third-order valence-electron chi connectivity index (χ3n) is 6.19. The zero-order valence-corrected chi connectivity index (χ0v) is 22.0. The fourth-order valence-electron chi connectivity index (χ4n) is 4.34. The summed E-state index contributed by atoms with van der Waals surface area (Å²) in [5, 5.41) is 4.20. The molecule has 0 aliphatic carbocycles. The van der Waals surface area contributed by atoms with Crippen LogP contribution in [0.25, 0.3) is 10.9 Å². The van der Waals surface area contributed by atoms with Crippen LogP contribution in [0, 0.1) is 5.92 Å². The Bertz CT molecular complexity index is 1270. The molecule has 0 unspecified atom stereocenters. The van der Waals surface area contributed by atoms with Crippen LogP contribution in [0.2, 0.25) is 0 Å². The molecule has 0 radical (unpaired) electrons. The minimum atomic E-state index is -3.68. The molecule has 4 rings (SSSR count). The van der Waals surface area contributed by atoms with E-state index >= 15 is 0 Å². The summed E-state index contributed by atoms with van der Waals surface area (Å²) in [5.74, 6) is 1.16. The van der Waals surface area contributed by atoms with Gasteiger partial charge in [-0.15, -0.1) is 0 Å². The lowest BCUT2D eigenvalue weighted by Gasteiger charge is -2.33. The highest BCUT2D eigenvalue weighted by Gasteiger charge is 2.26. The average molecular weight is 514 g/mol. The molecular weight excluding hydrogens is 478 g/mol. The van der Waals surface area contributed by atoms with Crippen LogP contribution in [-0.2, 0) is 14.8 Å². The maximum absolute atomic E-state index is 13.1.